The Balaban J connectivity index is 1.97. The second kappa shape index (κ2) is 8.83. The molecule has 4 amide bonds. The zero-order valence-electron chi connectivity index (χ0n) is 17.6. The van der Waals surface area contributed by atoms with Gasteiger partial charge in [-0.05, 0) is 62.7 Å². The van der Waals surface area contributed by atoms with Gasteiger partial charge in [-0.25, -0.2) is 9.59 Å². The fourth-order valence-electron chi connectivity index (χ4n) is 3.44. The van der Waals surface area contributed by atoms with Crippen LogP contribution in [0.2, 0.25) is 0 Å². The molecular formula is C23H23N3O5. The van der Waals surface area contributed by atoms with Gasteiger partial charge in [0.25, 0.3) is 11.8 Å². The summed E-state index contributed by atoms with van der Waals surface area (Å²) in [7, 11) is 0. The third kappa shape index (κ3) is 4.18. The highest BCUT2D eigenvalue weighted by molar-refractivity contribution is 6.31. The monoisotopic (exact) mass is 421 g/mol. The molecule has 0 spiro atoms. The second-order valence-electron chi connectivity index (χ2n) is 6.95. The van der Waals surface area contributed by atoms with E-state index in [1.807, 2.05) is 24.5 Å². The van der Waals surface area contributed by atoms with Gasteiger partial charge in [0.05, 0.1) is 12.2 Å². The van der Waals surface area contributed by atoms with E-state index in [1.54, 1.807) is 31.2 Å². The van der Waals surface area contributed by atoms with E-state index in [4.69, 9.17) is 4.74 Å². The summed E-state index contributed by atoms with van der Waals surface area (Å²) in [6.07, 6.45) is 2.89. The van der Waals surface area contributed by atoms with Gasteiger partial charge < -0.3 is 9.30 Å². The van der Waals surface area contributed by atoms with Gasteiger partial charge in [0, 0.05) is 23.6 Å². The van der Waals surface area contributed by atoms with Crippen molar-refractivity contribution in [2.24, 2.45) is 0 Å². The SMILES string of the molecule is C=CCN1C(=O)NC(=O)/C(=C/c2cc(C)n(-c3ccc(C(=O)OCC)cc3)c2C)C1=O. The third-order valence-corrected chi connectivity index (χ3v) is 4.90. The number of nitrogens with one attached hydrogen (secondary N) is 1. The number of aryl methyl sites for hydroxylation is 1. The molecule has 3 rings (SSSR count). The molecule has 1 aliphatic rings. The summed E-state index contributed by atoms with van der Waals surface area (Å²) in [6, 6.07) is 8.04. The summed E-state index contributed by atoms with van der Waals surface area (Å²) in [6.45, 7) is 9.33. The van der Waals surface area contributed by atoms with E-state index < -0.39 is 17.8 Å². The lowest BCUT2D eigenvalue weighted by atomic mass is 10.1. The smallest absolute Gasteiger partial charge is 0.338 e. The van der Waals surface area contributed by atoms with Gasteiger partial charge in [0.15, 0.2) is 0 Å². The lowest BCUT2D eigenvalue weighted by Crippen LogP contribution is -2.54. The van der Waals surface area contributed by atoms with E-state index in [0.29, 0.717) is 17.7 Å². The van der Waals surface area contributed by atoms with Gasteiger partial charge in [-0.1, -0.05) is 6.08 Å². The molecule has 8 heteroatoms. The lowest BCUT2D eigenvalue weighted by Gasteiger charge is -2.25. The number of rotatable bonds is 6. The highest BCUT2D eigenvalue weighted by Gasteiger charge is 2.35. The minimum Gasteiger partial charge on any atom is -0.462 e. The number of barbiturate groups is 1. The number of ether oxygens (including phenoxy) is 1. The number of imide groups is 2. The van der Waals surface area contributed by atoms with Crippen molar-refractivity contribution in [1.82, 2.24) is 14.8 Å². The first-order valence-corrected chi connectivity index (χ1v) is 9.74. The zero-order valence-corrected chi connectivity index (χ0v) is 17.6. The fourth-order valence-corrected chi connectivity index (χ4v) is 3.44. The Bertz CT molecular complexity index is 1110. The van der Waals surface area contributed by atoms with Crippen LogP contribution in [0, 0.1) is 13.8 Å². The number of carbonyl (C=O) groups excluding carboxylic acids is 4. The summed E-state index contributed by atoms with van der Waals surface area (Å²) >= 11 is 0. The van der Waals surface area contributed by atoms with Crippen molar-refractivity contribution >= 4 is 29.9 Å². The van der Waals surface area contributed by atoms with Gasteiger partial charge in [-0.2, -0.15) is 0 Å². The highest BCUT2D eigenvalue weighted by Crippen LogP contribution is 2.24. The van der Waals surface area contributed by atoms with Gasteiger partial charge in [0.1, 0.15) is 5.57 Å². The number of hydrogen-bond donors (Lipinski definition) is 1. The van der Waals surface area contributed by atoms with Crippen LogP contribution in [0.25, 0.3) is 11.8 Å². The lowest BCUT2D eigenvalue weighted by molar-refractivity contribution is -0.129. The number of carbonyl (C=O) groups is 4. The number of nitrogens with zero attached hydrogens (tertiary/aromatic N) is 2. The maximum Gasteiger partial charge on any atom is 0.338 e. The number of benzene rings is 1. The van der Waals surface area contributed by atoms with Crippen molar-refractivity contribution in [3.05, 3.63) is 71.1 Å². The molecule has 1 aromatic heterocycles. The van der Waals surface area contributed by atoms with Crippen LogP contribution in [0.1, 0.15) is 34.2 Å². The van der Waals surface area contributed by atoms with Crippen LogP contribution in [0.5, 0.6) is 0 Å². The molecule has 31 heavy (non-hydrogen) atoms. The fraction of sp³-hybridized carbons (Fsp3) is 0.217. The minimum atomic E-state index is -0.765. The van der Waals surface area contributed by atoms with Gasteiger partial charge in [0.2, 0.25) is 0 Å². The first kappa shape index (κ1) is 21.8. The largest absolute Gasteiger partial charge is 0.462 e. The Hall–Kier alpha value is -3.94. The van der Waals surface area contributed by atoms with Crippen LogP contribution in [-0.2, 0) is 14.3 Å². The minimum absolute atomic E-state index is 0.00111. The summed E-state index contributed by atoms with van der Waals surface area (Å²) in [5.41, 5.74) is 3.47. The molecule has 1 N–H and O–H groups in total. The number of urea groups is 1. The topological polar surface area (TPSA) is 97.7 Å². The van der Waals surface area contributed by atoms with E-state index in [0.717, 1.165) is 22.0 Å². The number of amides is 4. The van der Waals surface area contributed by atoms with Crippen molar-refractivity contribution < 1.29 is 23.9 Å². The molecule has 2 aromatic rings. The normalized spacial score (nSPS) is 15.3. The van der Waals surface area contributed by atoms with Crippen LogP contribution < -0.4 is 5.32 Å². The highest BCUT2D eigenvalue weighted by atomic mass is 16.5. The summed E-state index contributed by atoms with van der Waals surface area (Å²) in [4.78, 5) is 49.6. The van der Waals surface area contributed by atoms with Crippen LogP contribution in [0.15, 0.2) is 48.6 Å². The van der Waals surface area contributed by atoms with Gasteiger partial charge >= 0.3 is 12.0 Å². The van der Waals surface area contributed by atoms with Crippen LogP contribution >= 0.6 is 0 Å². The predicted octanol–water partition coefficient (Wildman–Crippen LogP) is 2.92. The van der Waals surface area contributed by atoms with Crippen LogP contribution in [0.3, 0.4) is 0 Å². The average molecular weight is 421 g/mol. The molecular weight excluding hydrogens is 398 g/mol. The predicted molar refractivity (Wildman–Crippen MR) is 115 cm³/mol. The molecule has 0 aliphatic carbocycles. The Morgan fingerprint density at radius 1 is 1.16 bits per heavy atom. The Morgan fingerprint density at radius 2 is 1.84 bits per heavy atom. The van der Waals surface area contributed by atoms with Crippen molar-refractivity contribution in [2.45, 2.75) is 20.8 Å². The van der Waals surface area contributed by atoms with E-state index in [9.17, 15) is 19.2 Å². The zero-order chi connectivity index (χ0) is 22.7. The maximum atomic E-state index is 12.6. The van der Waals surface area contributed by atoms with Gasteiger partial charge in [-0.3, -0.25) is 19.8 Å². The molecule has 160 valence electrons. The molecule has 8 nitrogen and oxygen atoms in total. The first-order valence-electron chi connectivity index (χ1n) is 9.74. The standard InChI is InChI=1S/C23H23N3O5/c1-5-11-25-21(28)19(20(27)24-23(25)30)13-17-12-14(3)26(15(17)4)18-9-7-16(8-10-18)22(29)31-6-2/h5,7-10,12-13H,1,6,11H2,2-4H3,(H,24,27,30)/b19-13-. The summed E-state index contributed by atoms with van der Waals surface area (Å²) in [5, 5.41) is 2.18. The van der Waals surface area contributed by atoms with Crippen molar-refractivity contribution in [1.29, 1.82) is 0 Å². The molecule has 1 aliphatic heterocycles. The van der Waals surface area contributed by atoms with Crippen molar-refractivity contribution in [3.8, 4) is 5.69 Å². The Kier molecular flexibility index (Phi) is 6.20. The number of aromatic nitrogens is 1. The number of esters is 1. The molecule has 0 radical (unpaired) electrons. The van der Waals surface area contributed by atoms with Crippen molar-refractivity contribution in [2.75, 3.05) is 13.2 Å². The molecule has 1 aromatic carbocycles. The average Bonchev–Trinajstić information content (AvgIpc) is 3.01. The van der Waals surface area contributed by atoms with E-state index in [2.05, 4.69) is 11.9 Å². The van der Waals surface area contributed by atoms with E-state index >= 15 is 0 Å². The van der Waals surface area contributed by atoms with Crippen LogP contribution in [-0.4, -0.2) is 46.4 Å². The van der Waals surface area contributed by atoms with Crippen molar-refractivity contribution in [3.63, 3.8) is 0 Å². The molecule has 2 heterocycles. The molecule has 0 bridgehead atoms. The third-order valence-electron chi connectivity index (χ3n) is 4.90. The second-order valence-corrected chi connectivity index (χ2v) is 6.95. The van der Waals surface area contributed by atoms with E-state index in [-0.39, 0.29) is 18.1 Å². The van der Waals surface area contributed by atoms with Crippen LogP contribution in [0.4, 0.5) is 4.79 Å². The van der Waals surface area contributed by atoms with E-state index in [1.165, 1.54) is 12.2 Å². The molecule has 0 unspecified atom stereocenters. The number of hydrogen-bond acceptors (Lipinski definition) is 5. The maximum absolute atomic E-state index is 12.6. The molecule has 1 fully saturated rings. The molecule has 0 atom stereocenters. The Morgan fingerprint density at radius 3 is 2.45 bits per heavy atom. The summed E-state index contributed by atoms with van der Waals surface area (Å²) < 4.78 is 6.95. The molecule has 1 saturated heterocycles. The quantitative estimate of drug-likeness (QED) is 0.335. The Labute approximate surface area is 179 Å². The van der Waals surface area contributed by atoms with Gasteiger partial charge in [-0.15, -0.1) is 6.58 Å². The first-order chi connectivity index (χ1) is 14.8. The molecule has 0 saturated carbocycles. The summed E-state index contributed by atoms with van der Waals surface area (Å²) in [5.74, 6) is -1.79.